The van der Waals surface area contributed by atoms with Crippen molar-refractivity contribution in [2.75, 3.05) is 5.73 Å². The molecular weight excluding hydrogens is 296 g/mol. The van der Waals surface area contributed by atoms with Crippen molar-refractivity contribution in [1.29, 1.82) is 0 Å². The molecule has 0 fully saturated rings. The van der Waals surface area contributed by atoms with Gasteiger partial charge >= 0.3 is 0 Å². The Bertz CT molecular complexity index is 791. The Morgan fingerprint density at radius 2 is 1.86 bits per heavy atom. The molecule has 2 heterocycles. The summed E-state index contributed by atoms with van der Waals surface area (Å²) in [7, 11) is 0. The highest BCUT2D eigenvalue weighted by molar-refractivity contribution is 7.98. The SMILES string of the molecule is Nc1ccc(Cc2nc3c(s2)CSc2ccccc2-3)cc1. The topological polar surface area (TPSA) is 38.9 Å². The highest BCUT2D eigenvalue weighted by Gasteiger charge is 2.20. The lowest BCUT2D eigenvalue weighted by atomic mass is 10.1. The Kier molecular flexibility index (Phi) is 3.20. The molecule has 2 aromatic carbocycles. The molecular formula is C17H14N2S2. The fourth-order valence-corrected chi connectivity index (χ4v) is 4.77. The van der Waals surface area contributed by atoms with Crippen LogP contribution < -0.4 is 5.73 Å². The fraction of sp³-hybridized carbons (Fsp3) is 0.118. The van der Waals surface area contributed by atoms with Crippen LogP contribution >= 0.6 is 23.1 Å². The largest absolute Gasteiger partial charge is 0.399 e. The van der Waals surface area contributed by atoms with Crippen molar-refractivity contribution in [3.63, 3.8) is 0 Å². The molecule has 4 rings (SSSR count). The van der Waals surface area contributed by atoms with Gasteiger partial charge in [0.1, 0.15) is 0 Å². The average molecular weight is 310 g/mol. The Hall–Kier alpha value is -1.78. The second kappa shape index (κ2) is 5.20. The lowest BCUT2D eigenvalue weighted by Gasteiger charge is -2.13. The summed E-state index contributed by atoms with van der Waals surface area (Å²) in [5, 5.41) is 1.18. The van der Waals surface area contributed by atoms with Gasteiger partial charge in [0.15, 0.2) is 0 Å². The van der Waals surface area contributed by atoms with Gasteiger partial charge in [0.2, 0.25) is 0 Å². The molecule has 0 amide bonds. The van der Waals surface area contributed by atoms with E-state index in [2.05, 4.69) is 36.4 Å². The summed E-state index contributed by atoms with van der Waals surface area (Å²) in [5.41, 5.74) is 10.3. The molecule has 2 nitrogen and oxygen atoms in total. The molecule has 4 heteroatoms. The van der Waals surface area contributed by atoms with Gasteiger partial charge in [-0.05, 0) is 23.8 Å². The van der Waals surface area contributed by atoms with Crippen LogP contribution in [0.4, 0.5) is 5.69 Å². The average Bonchev–Trinajstić information content (AvgIpc) is 2.92. The number of benzene rings is 2. The third-order valence-electron chi connectivity index (χ3n) is 3.58. The van der Waals surface area contributed by atoms with E-state index < -0.39 is 0 Å². The van der Waals surface area contributed by atoms with Gasteiger partial charge in [-0.15, -0.1) is 23.1 Å². The van der Waals surface area contributed by atoms with E-state index in [1.54, 1.807) is 0 Å². The maximum absolute atomic E-state index is 5.74. The predicted octanol–water partition coefficient (Wildman–Crippen LogP) is 4.59. The van der Waals surface area contributed by atoms with Crippen LogP contribution in [0.25, 0.3) is 11.3 Å². The Balaban J connectivity index is 1.68. The lowest BCUT2D eigenvalue weighted by molar-refractivity contribution is 1.13. The first-order valence-corrected chi connectivity index (χ1v) is 8.65. The summed E-state index contributed by atoms with van der Waals surface area (Å²) in [4.78, 5) is 7.62. The van der Waals surface area contributed by atoms with Gasteiger partial charge in [-0.3, -0.25) is 0 Å². The molecule has 0 saturated heterocycles. The molecule has 2 N–H and O–H groups in total. The molecule has 0 atom stereocenters. The third-order valence-corrected chi connectivity index (χ3v) is 5.92. The van der Waals surface area contributed by atoms with E-state index in [0.29, 0.717) is 0 Å². The molecule has 0 aliphatic carbocycles. The molecule has 0 radical (unpaired) electrons. The minimum Gasteiger partial charge on any atom is -0.399 e. The Labute approximate surface area is 132 Å². The number of thiazole rings is 1. The van der Waals surface area contributed by atoms with Gasteiger partial charge in [-0.25, -0.2) is 4.98 Å². The first-order chi connectivity index (χ1) is 10.3. The molecule has 3 aromatic rings. The number of hydrogen-bond acceptors (Lipinski definition) is 4. The highest BCUT2D eigenvalue weighted by Crippen LogP contribution is 2.43. The normalized spacial score (nSPS) is 12.8. The number of nitrogen functional groups attached to an aromatic ring is 1. The molecule has 21 heavy (non-hydrogen) atoms. The molecule has 1 aliphatic heterocycles. The summed E-state index contributed by atoms with van der Waals surface area (Å²) in [6.45, 7) is 0. The van der Waals surface area contributed by atoms with Crippen molar-refractivity contribution in [2.45, 2.75) is 17.1 Å². The van der Waals surface area contributed by atoms with E-state index in [4.69, 9.17) is 10.7 Å². The van der Waals surface area contributed by atoms with E-state index >= 15 is 0 Å². The van der Waals surface area contributed by atoms with Crippen LogP contribution in [-0.2, 0) is 12.2 Å². The number of thioether (sulfide) groups is 1. The van der Waals surface area contributed by atoms with Crippen LogP contribution in [0.2, 0.25) is 0 Å². The van der Waals surface area contributed by atoms with Crippen LogP contribution in [0.1, 0.15) is 15.4 Å². The minimum absolute atomic E-state index is 0.808. The molecule has 1 aliphatic rings. The van der Waals surface area contributed by atoms with E-state index in [1.165, 1.54) is 31.6 Å². The van der Waals surface area contributed by atoms with Crippen LogP contribution in [0, 0.1) is 0 Å². The van der Waals surface area contributed by atoms with Gasteiger partial charge < -0.3 is 5.73 Å². The first-order valence-electron chi connectivity index (χ1n) is 6.85. The first kappa shape index (κ1) is 12.9. The molecule has 0 spiro atoms. The minimum atomic E-state index is 0.808. The summed E-state index contributed by atoms with van der Waals surface area (Å²) < 4.78 is 0. The van der Waals surface area contributed by atoms with Crippen LogP contribution in [0.3, 0.4) is 0 Å². The van der Waals surface area contributed by atoms with Crippen molar-refractivity contribution in [2.24, 2.45) is 0 Å². The summed E-state index contributed by atoms with van der Waals surface area (Å²) >= 11 is 3.74. The van der Waals surface area contributed by atoms with E-state index in [-0.39, 0.29) is 0 Å². The van der Waals surface area contributed by atoms with Crippen molar-refractivity contribution in [3.8, 4) is 11.3 Å². The van der Waals surface area contributed by atoms with Gasteiger partial charge in [0.25, 0.3) is 0 Å². The second-order valence-electron chi connectivity index (χ2n) is 5.08. The monoisotopic (exact) mass is 310 g/mol. The zero-order valence-corrected chi connectivity index (χ0v) is 13.0. The lowest BCUT2D eigenvalue weighted by Crippen LogP contribution is -1.93. The number of rotatable bonds is 2. The zero-order chi connectivity index (χ0) is 14.2. The summed E-state index contributed by atoms with van der Waals surface area (Å²) in [5.74, 6) is 1.03. The molecule has 1 aromatic heterocycles. The Morgan fingerprint density at radius 3 is 2.71 bits per heavy atom. The van der Waals surface area contributed by atoms with Gasteiger partial charge in [0, 0.05) is 33.2 Å². The van der Waals surface area contributed by atoms with Gasteiger partial charge in [-0.2, -0.15) is 0 Å². The third kappa shape index (κ3) is 2.45. The smallest absolute Gasteiger partial charge is 0.0979 e. The van der Waals surface area contributed by atoms with Crippen LogP contribution in [0.5, 0.6) is 0 Å². The molecule has 0 saturated carbocycles. The van der Waals surface area contributed by atoms with Crippen molar-refractivity contribution in [1.82, 2.24) is 4.98 Å². The predicted molar refractivity (Wildman–Crippen MR) is 90.8 cm³/mol. The number of aromatic nitrogens is 1. The maximum atomic E-state index is 5.74. The highest BCUT2D eigenvalue weighted by atomic mass is 32.2. The quantitative estimate of drug-likeness (QED) is 0.704. The summed E-state index contributed by atoms with van der Waals surface area (Å²) in [6, 6.07) is 16.6. The van der Waals surface area contributed by atoms with Crippen LogP contribution in [-0.4, -0.2) is 4.98 Å². The number of nitrogens with zero attached hydrogens (tertiary/aromatic N) is 1. The maximum Gasteiger partial charge on any atom is 0.0979 e. The van der Waals surface area contributed by atoms with Crippen molar-refractivity contribution >= 4 is 28.8 Å². The number of nitrogens with two attached hydrogens (primary N) is 1. The Morgan fingerprint density at radius 1 is 1.05 bits per heavy atom. The number of fused-ring (bicyclic) bond motifs is 3. The standard InChI is InChI=1S/C17H14N2S2/c18-12-7-5-11(6-8-12)9-16-19-17-13-3-1-2-4-14(13)20-10-15(17)21-16/h1-8H,9-10,18H2. The number of anilines is 1. The molecule has 104 valence electrons. The fourth-order valence-electron chi connectivity index (χ4n) is 2.53. The van der Waals surface area contributed by atoms with E-state index in [1.807, 2.05) is 35.2 Å². The summed E-state index contributed by atoms with van der Waals surface area (Å²) in [6.07, 6.45) is 0.880. The van der Waals surface area contributed by atoms with Crippen LogP contribution in [0.15, 0.2) is 53.4 Å². The molecule has 0 bridgehead atoms. The van der Waals surface area contributed by atoms with Crippen molar-refractivity contribution < 1.29 is 0 Å². The van der Waals surface area contributed by atoms with E-state index in [0.717, 1.165) is 17.9 Å². The van der Waals surface area contributed by atoms with Gasteiger partial charge in [0.05, 0.1) is 10.7 Å². The van der Waals surface area contributed by atoms with Crippen molar-refractivity contribution in [3.05, 3.63) is 64.0 Å². The second-order valence-corrected chi connectivity index (χ2v) is 7.27. The number of hydrogen-bond donors (Lipinski definition) is 1. The molecule has 0 unspecified atom stereocenters. The van der Waals surface area contributed by atoms with Gasteiger partial charge in [-0.1, -0.05) is 30.3 Å². The van der Waals surface area contributed by atoms with E-state index in [9.17, 15) is 0 Å². The zero-order valence-electron chi connectivity index (χ0n) is 11.4.